The second kappa shape index (κ2) is 10.8. The summed E-state index contributed by atoms with van der Waals surface area (Å²) < 4.78 is 0. The zero-order chi connectivity index (χ0) is 26.9. The standard InChI is InChI=1S/C32H27Cl2N3O2/c33-25-9-4-20(5-10-25)30(21-6-11-26(34)12-7-21)23-8-13-29-28(19-23)31(36-35-29)22-14-16-37(17-15-22)27-3-1-2-24(18-27)32(38)39/h1-13,18-19,22,30H,14-17H2,(H,35,36)(H,38,39). The van der Waals surface area contributed by atoms with Crippen LogP contribution in [-0.4, -0.2) is 34.4 Å². The van der Waals surface area contributed by atoms with Gasteiger partial charge in [0.2, 0.25) is 0 Å². The van der Waals surface area contributed by atoms with E-state index in [0.717, 1.165) is 59.3 Å². The molecule has 5 nitrogen and oxygen atoms in total. The van der Waals surface area contributed by atoms with Crippen LogP contribution in [0.4, 0.5) is 5.69 Å². The largest absolute Gasteiger partial charge is 0.478 e. The number of benzene rings is 4. The van der Waals surface area contributed by atoms with Crippen LogP contribution in [-0.2, 0) is 0 Å². The first-order chi connectivity index (χ1) is 19.0. The number of aromatic nitrogens is 2. The summed E-state index contributed by atoms with van der Waals surface area (Å²) >= 11 is 12.4. The van der Waals surface area contributed by atoms with Gasteiger partial charge in [-0.25, -0.2) is 4.79 Å². The number of nitrogens with one attached hydrogen (secondary N) is 1. The number of halogens is 2. The van der Waals surface area contributed by atoms with Crippen molar-refractivity contribution >= 4 is 45.8 Å². The Morgan fingerprint density at radius 3 is 2.08 bits per heavy atom. The van der Waals surface area contributed by atoms with Crippen LogP contribution in [0.25, 0.3) is 10.9 Å². The highest BCUT2D eigenvalue weighted by Crippen LogP contribution is 2.38. The number of aromatic carboxylic acids is 1. The van der Waals surface area contributed by atoms with Crippen molar-refractivity contribution in [3.05, 3.63) is 129 Å². The zero-order valence-corrected chi connectivity index (χ0v) is 22.7. The van der Waals surface area contributed by atoms with Gasteiger partial charge in [0.15, 0.2) is 0 Å². The third-order valence-electron chi connectivity index (χ3n) is 7.71. The van der Waals surface area contributed by atoms with Gasteiger partial charge in [0.05, 0.1) is 11.1 Å². The lowest BCUT2D eigenvalue weighted by Crippen LogP contribution is -2.33. The maximum atomic E-state index is 11.4. The molecule has 0 bridgehead atoms. The van der Waals surface area contributed by atoms with Gasteiger partial charge in [0.25, 0.3) is 0 Å². The van der Waals surface area contributed by atoms with Crippen LogP contribution < -0.4 is 4.90 Å². The average molecular weight is 556 g/mol. The van der Waals surface area contributed by atoms with Crippen molar-refractivity contribution in [3.8, 4) is 0 Å². The normalized spacial score (nSPS) is 14.3. The summed E-state index contributed by atoms with van der Waals surface area (Å²) in [7, 11) is 0. The predicted molar refractivity (Wildman–Crippen MR) is 158 cm³/mol. The molecule has 1 saturated heterocycles. The second-order valence-corrected chi connectivity index (χ2v) is 10.9. The summed E-state index contributed by atoms with van der Waals surface area (Å²) in [5.41, 5.74) is 6.88. The van der Waals surface area contributed by atoms with Gasteiger partial charge in [0, 0.05) is 51.7 Å². The molecule has 1 aliphatic rings. The number of carboxylic acids is 1. The number of rotatable bonds is 6. The van der Waals surface area contributed by atoms with Gasteiger partial charge in [-0.1, -0.05) is 59.6 Å². The van der Waals surface area contributed by atoms with Gasteiger partial charge >= 0.3 is 5.97 Å². The molecule has 39 heavy (non-hydrogen) atoms. The quantitative estimate of drug-likeness (QED) is 0.207. The van der Waals surface area contributed by atoms with Gasteiger partial charge in [-0.2, -0.15) is 5.10 Å². The summed E-state index contributed by atoms with van der Waals surface area (Å²) in [5, 5.41) is 19.9. The molecule has 0 spiro atoms. The molecule has 7 heteroatoms. The minimum atomic E-state index is -0.901. The van der Waals surface area contributed by atoms with Crippen molar-refractivity contribution in [3.63, 3.8) is 0 Å². The lowest BCUT2D eigenvalue weighted by atomic mass is 9.84. The first-order valence-electron chi connectivity index (χ1n) is 13.0. The zero-order valence-electron chi connectivity index (χ0n) is 21.1. The second-order valence-electron chi connectivity index (χ2n) is 10.1. The van der Waals surface area contributed by atoms with E-state index >= 15 is 0 Å². The van der Waals surface area contributed by atoms with E-state index in [-0.39, 0.29) is 5.92 Å². The van der Waals surface area contributed by atoms with Crippen LogP contribution in [0.3, 0.4) is 0 Å². The van der Waals surface area contributed by atoms with Gasteiger partial charge in [-0.3, -0.25) is 5.10 Å². The van der Waals surface area contributed by atoms with Crippen molar-refractivity contribution < 1.29 is 9.90 Å². The Labute approximate surface area is 237 Å². The van der Waals surface area contributed by atoms with E-state index in [1.807, 2.05) is 36.4 Å². The van der Waals surface area contributed by atoms with Crippen LogP contribution in [0.2, 0.25) is 10.0 Å². The fourth-order valence-corrected chi connectivity index (χ4v) is 5.94. The number of piperidine rings is 1. The number of aromatic amines is 1. The highest BCUT2D eigenvalue weighted by Gasteiger charge is 2.25. The van der Waals surface area contributed by atoms with Crippen molar-refractivity contribution in [1.29, 1.82) is 0 Å². The first kappa shape index (κ1) is 25.5. The molecule has 5 aromatic rings. The molecule has 2 heterocycles. The molecule has 0 unspecified atom stereocenters. The summed E-state index contributed by atoms with van der Waals surface area (Å²) in [4.78, 5) is 13.7. The number of carboxylic acid groups (broad SMARTS) is 1. The molecule has 0 aliphatic carbocycles. The van der Waals surface area contributed by atoms with Crippen LogP contribution in [0.5, 0.6) is 0 Å². The Kier molecular flexibility index (Phi) is 7.03. The van der Waals surface area contributed by atoms with E-state index in [4.69, 9.17) is 23.2 Å². The van der Waals surface area contributed by atoms with Crippen molar-refractivity contribution in [1.82, 2.24) is 10.2 Å². The van der Waals surface area contributed by atoms with Crippen LogP contribution >= 0.6 is 23.2 Å². The molecule has 1 aromatic heterocycles. The molecule has 1 fully saturated rings. The number of hydrogen-bond donors (Lipinski definition) is 2. The molecule has 1 aliphatic heterocycles. The van der Waals surface area contributed by atoms with Crippen LogP contribution in [0.1, 0.15) is 57.4 Å². The lowest BCUT2D eigenvalue weighted by Gasteiger charge is -2.33. The molecule has 4 aromatic carbocycles. The summed E-state index contributed by atoms with van der Waals surface area (Å²) in [5.74, 6) is -0.536. The third kappa shape index (κ3) is 5.25. The van der Waals surface area contributed by atoms with E-state index < -0.39 is 5.97 Å². The Balaban J connectivity index is 1.30. The molecule has 0 amide bonds. The topological polar surface area (TPSA) is 69.2 Å². The number of hydrogen-bond acceptors (Lipinski definition) is 3. The fraction of sp³-hybridized carbons (Fsp3) is 0.188. The van der Waals surface area contributed by atoms with E-state index in [2.05, 4.69) is 57.6 Å². The maximum Gasteiger partial charge on any atom is 0.335 e. The molecular formula is C32H27Cl2N3O2. The number of nitrogens with zero attached hydrogens (tertiary/aromatic N) is 2. The number of carbonyl (C=O) groups is 1. The Morgan fingerprint density at radius 1 is 0.846 bits per heavy atom. The molecule has 0 atom stereocenters. The van der Waals surface area contributed by atoms with Crippen molar-refractivity contribution in [2.24, 2.45) is 0 Å². The first-order valence-corrected chi connectivity index (χ1v) is 13.8. The summed E-state index contributed by atoms with van der Waals surface area (Å²) in [6, 6.07) is 29.8. The Hall–Kier alpha value is -3.80. The molecule has 0 saturated carbocycles. The highest BCUT2D eigenvalue weighted by molar-refractivity contribution is 6.30. The molecular weight excluding hydrogens is 529 g/mol. The summed E-state index contributed by atoms with van der Waals surface area (Å²) in [6.45, 7) is 1.71. The van der Waals surface area contributed by atoms with Crippen LogP contribution in [0.15, 0.2) is 91.0 Å². The average Bonchev–Trinajstić information content (AvgIpc) is 3.39. The van der Waals surface area contributed by atoms with E-state index in [9.17, 15) is 9.90 Å². The highest BCUT2D eigenvalue weighted by atomic mass is 35.5. The maximum absolute atomic E-state index is 11.4. The molecule has 196 valence electrons. The van der Waals surface area contributed by atoms with E-state index in [1.165, 1.54) is 5.56 Å². The smallest absolute Gasteiger partial charge is 0.335 e. The van der Waals surface area contributed by atoms with Gasteiger partial charge in [0.1, 0.15) is 0 Å². The van der Waals surface area contributed by atoms with Gasteiger partial charge in [-0.05, 0) is 84.1 Å². The third-order valence-corrected chi connectivity index (χ3v) is 8.21. The minimum absolute atomic E-state index is 0.0232. The molecule has 2 N–H and O–H groups in total. The predicted octanol–water partition coefficient (Wildman–Crippen LogP) is 8.13. The fourth-order valence-electron chi connectivity index (χ4n) is 5.69. The molecule has 6 rings (SSSR count). The van der Waals surface area contributed by atoms with Crippen molar-refractivity contribution in [2.45, 2.75) is 24.7 Å². The molecule has 0 radical (unpaired) electrons. The van der Waals surface area contributed by atoms with E-state index in [1.54, 1.807) is 12.1 Å². The lowest BCUT2D eigenvalue weighted by molar-refractivity contribution is 0.0697. The van der Waals surface area contributed by atoms with E-state index in [0.29, 0.717) is 21.5 Å². The Morgan fingerprint density at radius 2 is 1.46 bits per heavy atom. The Bertz CT molecular complexity index is 1580. The van der Waals surface area contributed by atoms with Gasteiger partial charge in [-0.15, -0.1) is 0 Å². The number of anilines is 1. The SMILES string of the molecule is O=C(O)c1cccc(N2CCC(c3[nH]nc4ccc(C(c5ccc(Cl)cc5)c5ccc(Cl)cc5)cc34)CC2)c1. The minimum Gasteiger partial charge on any atom is -0.478 e. The van der Waals surface area contributed by atoms with Crippen molar-refractivity contribution in [2.75, 3.05) is 18.0 Å². The summed E-state index contributed by atoms with van der Waals surface area (Å²) in [6.07, 6.45) is 1.91. The van der Waals surface area contributed by atoms with Gasteiger partial charge < -0.3 is 10.0 Å². The monoisotopic (exact) mass is 555 g/mol. The van der Waals surface area contributed by atoms with Crippen LogP contribution in [0, 0.1) is 0 Å². The number of H-pyrrole nitrogens is 1. The number of fused-ring (bicyclic) bond motifs is 1.